The molecule has 0 aromatic heterocycles. The Bertz CT molecular complexity index is 458. The second-order valence-corrected chi connectivity index (χ2v) is 5.46. The predicted molar refractivity (Wildman–Crippen MR) is 81.6 cm³/mol. The van der Waals surface area contributed by atoms with Crippen molar-refractivity contribution >= 4 is 18.5 Å². The lowest BCUT2D eigenvalue weighted by molar-refractivity contribution is 0.155. The third-order valence-electron chi connectivity index (χ3n) is 4.22. The molecule has 2 unspecified atom stereocenters. The minimum atomic E-state index is -0.138. The molecular weight excluding hydrogens is 258 g/mol. The van der Waals surface area contributed by atoms with Crippen LogP contribution < -0.4 is 5.32 Å². The number of hydrogen-bond acceptors (Lipinski definition) is 2. The zero-order chi connectivity index (χ0) is 12.4. The van der Waals surface area contributed by atoms with Gasteiger partial charge in [-0.1, -0.05) is 35.9 Å². The Kier molecular flexibility index (Phi) is 5.03. The van der Waals surface area contributed by atoms with E-state index in [-0.39, 0.29) is 18.5 Å². The molecule has 0 saturated carbocycles. The van der Waals surface area contributed by atoms with Crippen molar-refractivity contribution in [2.45, 2.75) is 44.2 Å². The van der Waals surface area contributed by atoms with Crippen molar-refractivity contribution < 1.29 is 5.11 Å². The molecule has 0 bridgehead atoms. The van der Waals surface area contributed by atoms with E-state index in [0.717, 1.165) is 25.8 Å². The van der Waals surface area contributed by atoms with Crippen LogP contribution in [0.25, 0.3) is 6.08 Å². The number of aryl methyl sites for hydroxylation is 1. The lowest BCUT2D eigenvalue weighted by Crippen LogP contribution is -2.30. The molecule has 1 aromatic rings. The minimum absolute atomic E-state index is 0. The highest BCUT2D eigenvalue weighted by molar-refractivity contribution is 5.85. The Morgan fingerprint density at radius 2 is 2.05 bits per heavy atom. The second-order valence-electron chi connectivity index (χ2n) is 5.46. The number of allylic oxidation sites excluding steroid dienone is 1. The number of halogens is 1. The number of fused-ring (bicyclic) bond motifs is 1. The molecule has 0 radical (unpaired) electrons. The Balaban J connectivity index is 0.00000133. The largest absolute Gasteiger partial charge is 0.391 e. The lowest BCUT2D eigenvalue weighted by atomic mass is 9.89. The summed E-state index contributed by atoms with van der Waals surface area (Å²) in [6, 6.07) is 8.97. The molecule has 1 saturated heterocycles. The van der Waals surface area contributed by atoms with E-state index in [2.05, 4.69) is 35.7 Å². The molecule has 3 heteroatoms. The third-order valence-corrected chi connectivity index (χ3v) is 4.22. The van der Waals surface area contributed by atoms with Gasteiger partial charge in [-0.3, -0.25) is 0 Å². The Morgan fingerprint density at radius 3 is 2.84 bits per heavy atom. The zero-order valence-corrected chi connectivity index (χ0v) is 12.0. The molecule has 0 spiro atoms. The van der Waals surface area contributed by atoms with Crippen LogP contribution in [0.2, 0.25) is 0 Å². The molecule has 1 aliphatic heterocycles. The summed E-state index contributed by atoms with van der Waals surface area (Å²) in [6.45, 7) is 0.966. The maximum Gasteiger partial charge on any atom is 0.0705 e. The molecule has 2 atom stereocenters. The van der Waals surface area contributed by atoms with Gasteiger partial charge in [0.15, 0.2) is 0 Å². The van der Waals surface area contributed by atoms with Crippen molar-refractivity contribution in [3.63, 3.8) is 0 Å². The third kappa shape index (κ3) is 3.38. The molecule has 3 rings (SSSR count). The van der Waals surface area contributed by atoms with E-state index in [1.165, 1.54) is 29.5 Å². The van der Waals surface area contributed by atoms with E-state index in [9.17, 15) is 5.11 Å². The number of aliphatic hydroxyl groups excluding tert-OH is 1. The topological polar surface area (TPSA) is 32.3 Å². The summed E-state index contributed by atoms with van der Waals surface area (Å²) in [4.78, 5) is 0. The summed E-state index contributed by atoms with van der Waals surface area (Å²) in [5.74, 6) is 0. The Labute approximate surface area is 121 Å². The van der Waals surface area contributed by atoms with Gasteiger partial charge in [-0.15, -0.1) is 12.4 Å². The molecule has 19 heavy (non-hydrogen) atoms. The van der Waals surface area contributed by atoms with Crippen LogP contribution in [-0.2, 0) is 6.42 Å². The van der Waals surface area contributed by atoms with Gasteiger partial charge in [0.05, 0.1) is 6.10 Å². The maximum absolute atomic E-state index is 9.79. The average molecular weight is 280 g/mol. The van der Waals surface area contributed by atoms with Gasteiger partial charge in [0.25, 0.3) is 0 Å². The molecule has 104 valence electrons. The van der Waals surface area contributed by atoms with Crippen LogP contribution in [-0.4, -0.2) is 23.8 Å². The first-order chi connectivity index (χ1) is 8.83. The lowest BCUT2D eigenvalue weighted by Gasteiger charge is -2.19. The normalized spacial score (nSPS) is 25.4. The Morgan fingerprint density at radius 1 is 1.21 bits per heavy atom. The summed E-state index contributed by atoms with van der Waals surface area (Å²) < 4.78 is 0. The molecular formula is C16H22ClNO. The fourth-order valence-electron chi connectivity index (χ4n) is 3.08. The SMILES string of the molecule is Cl.OC1CCNC1CCC1=Cc2ccccc2CC1. The van der Waals surface area contributed by atoms with Gasteiger partial charge in [-0.05, 0) is 49.8 Å². The van der Waals surface area contributed by atoms with Gasteiger partial charge in [0.1, 0.15) is 0 Å². The van der Waals surface area contributed by atoms with Crippen LogP contribution in [0, 0.1) is 0 Å². The zero-order valence-electron chi connectivity index (χ0n) is 11.1. The van der Waals surface area contributed by atoms with Crippen molar-refractivity contribution in [1.82, 2.24) is 5.32 Å². The van der Waals surface area contributed by atoms with Gasteiger partial charge in [0, 0.05) is 6.04 Å². The minimum Gasteiger partial charge on any atom is -0.391 e. The standard InChI is InChI=1S/C16H21NO.ClH/c18-16-9-10-17-15(16)8-6-12-5-7-13-3-1-2-4-14(13)11-12;/h1-4,11,15-18H,5-10H2;1H. The number of nitrogens with one attached hydrogen (secondary N) is 1. The fourth-order valence-corrected chi connectivity index (χ4v) is 3.08. The first-order valence-corrected chi connectivity index (χ1v) is 7.02. The summed E-state index contributed by atoms with van der Waals surface area (Å²) in [6.07, 6.45) is 7.65. The van der Waals surface area contributed by atoms with E-state index in [1.54, 1.807) is 0 Å². The van der Waals surface area contributed by atoms with Crippen molar-refractivity contribution in [3.05, 3.63) is 41.0 Å². The van der Waals surface area contributed by atoms with Crippen molar-refractivity contribution in [3.8, 4) is 0 Å². The van der Waals surface area contributed by atoms with Crippen LogP contribution in [0.15, 0.2) is 29.8 Å². The molecule has 1 aliphatic carbocycles. The van der Waals surface area contributed by atoms with Crippen LogP contribution in [0.1, 0.15) is 36.8 Å². The molecule has 2 N–H and O–H groups in total. The van der Waals surface area contributed by atoms with Gasteiger partial charge >= 0.3 is 0 Å². The molecule has 1 heterocycles. The molecule has 0 amide bonds. The van der Waals surface area contributed by atoms with Crippen molar-refractivity contribution in [1.29, 1.82) is 0 Å². The summed E-state index contributed by atoms with van der Waals surface area (Å²) >= 11 is 0. The molecule has 2 aliphatic rings. The van der Waals surface area contributed by atoms with E-state index in [0.29, 0.717) is 6.04 Å². The van der Waals surface area contributed by atoms with Crippen molar-refractivity contribution in [2.24, 2.45) is 0 Å². The number of hydrogen-bond donors (Lipinski definition) is 2. The molecule has 1 aromatic carbocycles. The van der Waals surface area contributed by atoms with E-state index >= 15 is 0 Å². The monoisotopic (exact) mass is 279 g/mol. The van der Waals surface area contributed by atoms with Gasteiger partial charge in [-0.25, -0.2) is 0 Å². The highest BCUT2D eigenvalue weighted by Gasteiger charge is 2.24. The van der Waals surface area contributed by atoms with Crippen LogP contribution in [0.5, 0.6) is 0 Å². The Hall–Kier alpha value is -0.830. The van der Waals surface area contributed by atoms with Gasteiger partial charge in [-0.2, -0.15) is 0 Å². The number of aliphatic hydroxyl groups is 1. The second kappa shape index (κ2) is 6.56. The van der Waals surface area contributed by atoms with Crippen LogP contribution in [0.4, 0.5) is 0 Å². The van der Waals surface area contributed by atoms with Crippen LogP contribution >= 0.6 is 12.4 Å². The first-order valence-electron chi connectivity index (χ1n) is 7.02. The quantitative estimate of drug-likeness (QED) is 0.892. The van der Waals surface area contributed by atoms with Gasteiger partial charge in [0.2, 0.25) is 0 Å². The average Bonchev–Trinajstić information content (AvgIpc) is 2.82. The van der Waals surface area contributed by atoms with E-state index in [1.807, 2.05) is 0 Å². The molecule has 2 nitrogen and oxygen atoms in total. The smallest absolute Gasteiger partial charge is 0.0705 e. The molecule has 1 fully saturated rings. The fraction of sp³-hybridized carbons (Fsp3) is 0.500. The summed E-state index contributed by atoms with van der Waals surface area (Å²) in [5, 5.41) is 13.2. The number of rotatable bonds is 3. The highest BCUT2D eigenvalue weighted by atomic mass is 35.5. The maximum atomic E-state index is 9.79. The van der Waals surface area contributed by atoms with Gasteiger partial charge < -0.3 is 10.4 Å². The number of benzene rings is 1. The van der Waals surface area contributed by atoms with Crippen LogP contribution in [0.3, 0.4) is 0 Å². The van der Waals surface area contributed by atoms with E-state index < -0.39 is 0 Å². The summed E-state index contributed by atoms with van der Waals surface area (Å²) in [7, 11) is 0. The highest BCUT2D eigenvalue weighted by Crippen LogP contribution is 2.27. The predicted octanol–water partition coefficient (Wildman–Crippen LogP) is 2.94. The van der Waals surface area contributed by atoms with E-state index in [4.69, 9.17) is 0 Å². The van der Waals surface area contributed by atoms with Crippen molar-refractivity contribution in [2.75, 3.05) is 6.54 Å². The first kappa shape index (κ1) is 14.6. The summed E-state index contributed by atoms with van der Waals surface area (Å²) in [5.41, 5.74) is 4.40.